The minimum atomic E-state index is -0.454. The molecule has 1 fully saturated rings. The quantitative estimate of drug-likeness (QED) is 0.282. The molecule has 210 valence electrons. The Bertz CT molecular complexity index is 1880. The minimum Gasteiger partial charge on any atom is -0.507 e. The molecule has 10 nitrogen and oxygen atoms in total. The Kier molecular flexibility index (Phi) is 6.47. The maximum absolute atomic E-state index is 13.3. The maximum atomic E-state index is 13.3. The van der Waals surface area contributed by atoms with Crippen LogP contribution in [0.3, 0.4) is 0 Å². The number of aromatic hydroxyl groups is 1. The molecule has 0 aliphatic carbocycles. The van der Waals surface area contributed by atoms with Crippen molar-refractivity contribution in [2.75, 3.05) is 33.4 Å². The molecule has 5 aromatic rings. The number of likely N-dealkylation sites (tertiary alicyclic amines) is 1. The number of aromatic amines is 1. The molecule has 7 rings (SSSR count). The highest BCUT2D eigenvalue weighted by Gasteiger charge is 2.40. The van der Waals surface area contributed by atoms with E-state index in [1.54, 1.807) is 37.6 Å². The number of nitrogens with one attached hydrogen (secondary N) is 1. The number of methoxy groups -OCH3 is 1. The number of rotatable bonds is 7. The van der Waals surface area contributed by atoms with Gasteiger partial charge in [-0.2, -0.15) is 0 Å². The molecule has 0 unspecified atom stereocenters. The number of hydrogen-bond acceptors (Lipinski definition) is 9. The first kappa shape index (κ1) is 25.7. The Morgan fingerprint density at radius 1 is 1.12 bits per heavy atom. The topological polar surface area (TPSA) is 123 Å². The van der Waals surface area contributed by atoms with Gasteiger partial charge in [0.15, 0.2) is 0 Å². The van der Waals surface area contributed by atoms with Crippen LogP contribution in [-0.2, 0) is 6.54 Å². The first-order chi connectivity index (χ1) is 20.0. The van der Waals surface area contributed by atoms with E-state index in [0.717, 1.165) is 37.6 Å². The molecular weight excluding hydrogens is 542 g/mol. The summed E-state index contributed by atoms with van der Waals surface area (Å²) < 4.78 is 13.4. The van der Waals surface area contributed by atoms with E-state index in [-0.39, 0.29) is 11.3 Å². The van der Waals surface area contributed by atoms with E-state index in [1.165, 1.54) is 21.5 Å². The molecule has 41 heavy (non-hydrogen) atoms. The van der Waals surface area contributed by atoms with E-state index >= 15 is 0 Å². The van der Waals surface area contributed by atoms with Crippen LogP contribution in [0.5, 0.6) is 17.2 Å². The summed E-state index contributed by atoms with van der Waals surface area (Å²) >= 11 is 1.22. The Morgan fingerprint density at radius 2 is 1.98 bits per heavy atom. The Hall–Kier alpha value is -4.22. The van der Waals surface area contributed by atoms with Crippen LogP contribution in [0, 0.1) is 5.92 Å². The lowest BCUT2D eigenvalue weighted by Crippen LogP contribution is -2.34. The third-order valence-electron chi connectivity index (χ3n) is 8.19. The molecule has 2 N–H and O–H groups in total. The van der Waals surface area contributed by atoms with Crippen LogP contribution in [0.1, 0.15) is 24.3 Å². The molecule has 2 aliphatic heterocycles. The van der Waals surface area contributed by atoms with Crippen LogP contribution in [-0.4, -0.2) is 62.9 Å². The zero-order valence-electron chi connectivity index (χ0n) is 22.5. The van der Waals surface area contributed by atoms with E-state index in [0.29, 0.717) is 63.2 Å². The van der Waals surface area contributed by atoms with Crippen LogP contribution < -0.4 is 20.7 Å². The summed E-state index contributed by atoms with van der Waals surface area (Å²) in [6.07, 6.45) is 3.14. The summed E-state index contributed by atoms with van der Waals surface area (Å²) in [4.78, 5) is 41.3. The Labute approximate surface area is 238 Å². The van der Waals surface area contributed by atoms with Gasteiger partial charge < -0.3 is 24.5 Å². The predicted octanol–water partition coefficient (Wildman–Crippen LogP) is 3.96. The van der Waals surface area contributed by atoms with E-state index in [1.807, 2.05) is 18.2 Å². The first-order valence-corrected chi connectivity index (χ1v) is 14.6. The van der Waals surface area contributed by atoms with Crippen molar-refractivity contribution in [2.24, 2.45) is 5.92 Å². The summed E-state index contributed by atoms with van der Waals surface area (Å²) in [6, 6.07) is 12.8. The molecule has 1 saturated heterocycles. The number of hydrogen-bond donors (Lipinski definition) is 2. The van der Waals surface area contributed by atoms with Gasteiger partial charge in [-0.25, -0.2) is 14.8 Å². The molecule has 0 spiro atoms. The summed E-state index contributed by atoms with van der Waals surface area (Å²) in [7, 11) is 1.70. The van der Waals surface area contributed by atoms with E-state index in [9.17, 15) is 14.7 Å². The van der Waals surface area contributed by atoms with Crippen molar-refractivity contribution in [3.8, 4) is 28.5 Å². The van der Waals surface area contributed by atoms with Gasteiger partial charge in [-0.15, -0.1) is 11.3 Å². The van der Waals surface area contributed by atoms with Crippen molar-refractivity contribution in [1.29, 1.82) is 0 Å². The lowest BCUT2D eigenvalue weighted by Gasteiger charge is -2.29. The summed E-state index contributed by atoms with van der Waals surface area (Å²) in [5.74, 6) is 2.69. The number of para-hydroxylation sites is 1. The normalized spacial score (nSPS) is 18.4. The highest BCUT2D eigenvalue weighted by molar-refractivity contribution is 7.25. The number of thiophene rings is 1. The lowest BCUT2D eigenvalue weighted by molar-refractivity contribution is 0.209. The second kappa shape index (κ2) is 10.3. The van der Waals surface area contributed by atoms with E-state index < -0.39 is 5.69 Å². The monoisotopic (exact) mass is 571 g/mol. The molecule has 0 amide bonds. The fraction of sp³-hybridized carbons (Fsp3) is 0.333. The Balaban J connectivity index is 1.06. The second-order valence-electron chi connectivity index (χ2n) is 10.6. The number of aromatic nitrogens is 4. The summed E-state index contributed by atoms with van der Waals surface area (Å²) in [5.41, 5.74) is 2.22. The molecule has 0 radical (unpaired) electrons. The Morgan fingerprint density at radius 3 is 2.83 bits per heavy atom. The van der Waals surface area contributed by atoms with Crippen molar-refractivity contribution in [2.45, 2.75) is 25.3 Å². The largest absolute Gasteiger partial charge is 0.507 e. The number of H-pyrrole nitrogens is 1. The second-order valence-corrected chi connectivity index (χ2v) is 11.6. The smallest absolute Gasteiger partial charge is 0.328 e. The number of phenols is 1. The van der Waals surface area contributed by atoms with Gasteiger partial charge in [-0.1, -0.05) is 18.2 Å². The molecule has 2 atom stereocenters. The number of nitrogens with zero attached hydrogens (tertiary/aromatic N) is 4. The molecule has 11 heteroatoms. The van der Waals surface area contributed by atoms with Crippen molar-refractivity contribution < 1.29 is 14.6 Å². The van der Waals surface area contributed by atoms with Crippen molar-refractivity contribution in [3.05, 3.63) is 75.1 Å². The fourth-order valence-electron chi connectivity index (χ4n) is 6.18. The van der Waals surface area contributed by atoms with Crippen molar-refractivity contribution >= 4 is 31.9 Å². The summed E-state index contributed by atoms with van der Waals surface area (Å²) in [6.45, 7) is 3.83. The van der Waals surface area contributed by atoms with Gasteiger partial charge in [0.05, 0.1) is 31.1 Å². The zero-order valence-corrected chi connectivity index (χ0v) is 23.3. The zero-order chi connectivity index (χ0) is 28.1. The van der Waals surface area contributed by atoms with Gasteiger partial charge in [-0.05, 0) is 43.7 Å². The van der Waals surface area contributed by atoms with Crippen molar-refractivity contribution in [1.82, 2.24) is 24.4 Å². The highest BCUT2D eigenvalue weighted by Crippen LogP contribution is 2.46. The third kappa shape index (κ3) is 4.45. The molecule has 2 aliphatic rings. The van der Waals surface area contributed by atoms with Gasteiger partial charge >= 0.3 is 5.69 Å². The number of benzene rings is 2. The van der Waals surface area contributed by atoms with Crippen LogP contribution >= 0.6 is 11.3 Å². The van der Waals surface area contributed by atoms with Gasteiger partial charge in [0.25, 0.3) is 5.56 Å². The van der Waals surface area contributed by atoms with Crippen LogP contribution in [0.25, 0.3) is 31.8 Å². The molecule has 3 aromatic heterocycles. The first-order valence-electron chi connectivity index (χ1n) is 13.7. The number of phenolic OH excluding ortho intramolecular Hbond substituents is 1. The third-order valence-corrected chi connectivity index (χ3v) is 9.27. The number of fused-ring (bicyclic) bond motifs is 6. The van der Waals surface area contributed by atoms with Gasteiger partial charge in [0.1, 0.15) is 32.3 Å². The van der Waals surface area contributed by atoms with Gasteiger partial charge in [-0.3, -0.25) is 9.36 Å². The molecular formula is C30H29N5O5S. The van der Waals surface area contributed by atoms with Crippen molar-refractivity contribution in [3.63, 3.8) is 0 Å². The molecule has 0 bridgehead atoms. The minimum absolute atomic E-state index is 0.0853. The van der Waals surface area contributed by atoms with E-state index in [4.69, 9.17) is 9.47 Å². The standard InChI is InChI=1S/C30H29N5O5S/c1-39-22-9-6-10-23-24(22)19-15-34(14-17(19)16-40-23)11-4-5-12-35-29(37)27-25(33-30(35)38)26-28(41-27)31-13-20(32-26)18-7-2-3-8-21(18)36/h2-3,6-10,13,17,19,36H,4-5,11-12,14-16H2,1H3,(H,33,38)/t17-,19-/m1/s1. The van der Waals surface area contributed by atoms with Gasteiger partial charge in [0, 0.05) is 42.6 Å². The predicted molar refractivity (Wildman–Crippen MR) is 157 cm³/mol. The molecule has 5 heterocycles. The maximum Gasteiger partial charge on any atom is 0.328 e. The van der Waals surface area contributed by atoms with Crippen LogP contribution in [0.15, 0.2) is 58.3 Å². The van der Waals surface area contributed by atoms with Gasteiger partial charge in [0.2, 0.25) is 0 Å². The summed E-state index contributed by atoms with van der Waals surface area (Å²) in [5, 5.41) is 10.2. The highest BCUT2D eigenvalue weighted by atomic mass is 32.1. The molecule has 0 saturated carbocycles. The van der Waals surface area contributed by atoms with Crippen LogP contribution in [0.2, 0.25) is 0 Å². The SMILES string of the molecule is COc1cccc2c1[C@@H]1CN(CCCCn3c(=O)[nH]c4c(sc5ncc(-c6ccccc6O)nc54)c3=O)C[C@@H]1CO2. The lowest BCUT2D eigenvalue weighted by atomic mass is 9.86. The van der Waals surface area contributed by atoms with E-state index in [2.05, 4.69) is 19.9 Å². The number of ether oxygens (including phenoxy) is 2. The number of unbranched alkanes of at least 4 members (excludes halogenated alkanes) is 1. The fourth-order valence-corrected chi connectivity index (χ4v) is 7.17. The molecule has 2 aromatic carbocycles. The average Bonchev–Trinajstić information content (AvgIpc) is 3.57. The van der Waals surface area contributed by atoms with Crippen LogP contribution in [0.4, 0.5) is 0 Å². The average molecular weight is 572 g/mol.